The van der Waals surface area contributed by atoms with E-state index in [2.05, 4.69) is 32.7 Å². The molecule has 2 saturated heterocycles. The Morgan fingerprint density at radius 3 is 2.32 bits per heavy atom. The first-order valence-corrected chi connectivity index (χ1v) is 10.1. The average Bonchev–Trinajstić information content (AvgIpc) is 2.76. The number of hydrogen-bond donors (Lipinski definition) is 0. The number of aryl methyl sites for hydroxylation is 3. The number of hydrogen-bond acceptors (Lipinski definition) is 8. The average molecular weight is 384 g/mol. The molecule has 0 N–H and O–H groups in total. The smallest absolute Gasteiger partial charge is 0.227 e. The van der Waals surface area contributed by atoms with E-state index < -0.39 is 0 Å². The van der Waals surface area contributed by atoms with Crippen molar-refractivity contribution in [3.8, 4) is 0 Å². The van der Waals surface area contributed by atoms with Crippen molar-refractivity contribution in [1.29, 1.82) is 0 Å². The highest BCUT2D eigenvalue weighted by Gasteiger charge is 2.23. The highest BCUT2D eigenvalue weighted by atomic mass is 16.5. The monoisotopic (exact) mass is 383 g/mol. The molecule has 0 atom stereocenters. The van der Waals surface area contributed by atoms with Gasteiger partial charge in [0.2, 0.25) is 5.95 Å². The van der Waals surface area contributed by atoms with Crippen LogP contribution in [0.3, 0.4) is 0 Å². The van der Waals surface area contributed by atoms with E-state index in [-0.39, 0.29) is 0 Å². The highest BCUT2D eigenvalue weighted by Crippen LogP contribution is 2.23. The second-order valence-corrected chi connectivity index (χ2v) is 7.36. The summed E-state index contributed by atoms with van der Waals surface area (Å²) in [6.07, 6.45) is 2.74. The fourth-order valence-corrected chi connectivity index (χ4v) is 3.69. The molecule has 2 fully saturated rings. The van der Waals surface area contributed by atoms with Crippen LogP contribution < -0.4 is 14.7 Å². The third-order valence-corrected chi connectivity index (χ3v) is 5.36. The van der Waals surface area contributed by atoms with Gasteiger partial charge in [-0.1, -0.05) is 6.92 Å². The number of morpholine rings is 1. The van der Waals surface area contributed by atoms with Crippen LogP contribution in [-0.4, -0.2) is 72.4 Å². The Balaban J connectivity index is 1.50. The summed E-state index contributed by atoms with van der Waals surface area (Å²) in [5.41, 5.74) is 3.04. The summed E-state index contributed by atoms with van der Waals surface area (Å²) >= 11 is 0. The Morgan fingerprint density at radius 1 is 0.893 bits per heavy atom. The molecular weight excluding hydrogens is 354 g/mol. The van der Waals surface area contributed by atoms with Crippen molar-refractivity contribution in [3.05, 3.63) is 29.3 Å². The van der Waals surface area contributed by atoms with Crippen LogP contribution in [-0.2, 0) is 11.2 Å². The van der Waals surface area contributed by atoms with Crippen molar-refractivity contribution in [2.45, 2.75) is 27.2 Å². The molecule has 2 aromatic heterocycles. The van der Waals surface area contributed by atoms with Crippen LogP contribution in [0.2, 0.25) is 0 Å². The van der Waals surface area contributed by atoms with Gasteiger partial charge in [0.25, 0.3) is 0 Å². The van der Waals surface area contributed by atoms with E-state index in [0.29, 0.717) is 0 Å². The van der Waals surface area contributed by atoms with E-state index in [1.54, 1.807) is 0 Å². The van der Waals surface area contributed by atoms with Crippen LogP contribution >= 0.6 is 0 Å². The van der Waals surface area contributed by atoms with Crippen LogP contribution in [0.15, 0.2) is 12.3 Å². The number of nitrogens with zero attached hydrogens (tertiary/aromatic N) is 7. The van der Waals surface area contributed by atoms with Crippen molar-refractivity contribution in [1.82, 2.24) is 19.9 Å². The molecule has 2 aromatic rings. The lowest BCUT2D eigenvalue weighted by atomic mass is 10.2. The van der Waals surface area contributed by atoms with E-state index in [1.165, 1.54) is 0 Å². The van der Waals surface area contributed by atoms with Crippen molar-refractivity contribution in [2.24, 2.45) is 0 Å². The summed E-state index contributed by atoms with van der Waals surface area (Å²) in [6, 6.07) is 2.14. The summed E-state index contributed by atoms with van der Waals surface area (Å²) in [6.45, 7) is 13.0. The standard InChI is InChI=1S/C20H29N7O/c1-4-17-13-18(24-20(23-17)27-9-11-28-12-10-27)25-5-7-26(8-6-25)19-16(3)21-14-15(2)22-19/h13-14H,4-12H2,1-3H3. The van der Waals surface area contributed by atoms with Gasteiger partial charge in [0.05, 0.1) is 24.6 Å². The molecule has 150 valence electrons. The minimum absolute atomic E-state index is 0.741. The lowest BCUT2D eigenvalue weighted by molar-refractivity contribution is 0.122. The third kappa shape index (κ3) is 4.01. The van der Waals surface area contributed by atoms with Gasteiger partial charge in [-0.25, -0.2) is 9.97 Å². The first kappa shape index (κ1) is 18.9. The quantitative estimate of drug-likeness (QED) is 0.789. The maximum absolute atomic E-state index is 5.47. The van der Waals surface area contributed by atoms with Crippen LogP contribution in [0.1, 0.15) is 24.0 Å². The molecule has 2 aliphatic heterocycles. The molecule has 0 aromatic carbocycles. The topological polar surface area (TPSA) is 70.5 Å². The molecule has 0 unspecified atom stereocenters. The Bertz CT molecular complexity index is 814. The Hall–Kier alpha value is -2.48. The molecule has 2 aliphatic rings. The van der Waals surface area contributed by atoms with Crippen molar-refractivity contribution in [3.63, 3.8) is 0 Å². The second kappa shape index (κ2) is 8.26. The maximum atomic E-state index is 5.47. The normalized spacial score (nSPS) is 17.9. The largest absolute Gasteiger partial charge is 0.378 e. The minimum Gasteiger partial charge on any atom is -0.378 e. The Labute approximate surface area is 166 Å². The fourth-order valence-electron chi connectivity index (χ4n) is 3.69. The molecule has 0 aliphatic carbocycles. The van der Waals surface area contributed by atoms with Gasteiger partial charge >= 0.3 is 0 Å². The highest BCUT2D eigenvalue weighted by molar-refractivity contribution is 5.50. The fraction of sp³-hybridized carbons (Fsp3) is 0.600. The van der Waals surface area contributed by atoms with Crippen molar-refractivity contribution >= 4 is 17.6 Å². The lowest BCUT2D eigenvalue weighted by Crippen LogP contribution is -2.47. The lowest BCUT2D eigenvalue weighted by Gasteiger charge is -2.37. The van der Waals surface area contributed by atoms with Gasteiger partial charge in [-0.05, 0) is 20.3 Å². The molecule has 8 heteroatoms. The number of aromatic nitrogens is 4. The van der Waals surface area contributed by atoms with Gasteiger partial charge in [-0.15, -0.1) is 0 Å². The minimum atomic E-state index is 0.741. The van der Waals surface area contributed by atoms with E-state index in [4.69, 9.17) is 19.7 Å². The van der Waals surface area contributed by atoms with E-state index >= 15 is 0 Å². The van der Waals surface area contributed by atoms with Crippen LogP contribution in [0.4, 0.5) is 17.6 Å². The molecule has 8 nitrogen and oxygen atoms in total. The van der Waals surface area contributed by atoms with Crippen LogP contribution in [0.5, 0.6) is 0 Å². The molecule has 0 spiro atoms. The SMILES string of the molecule is CCc1cc(N2CCN(c3nc(C)cnc3C)CC2)nc(N2CCOCC2)n1. The molecular formula is C20H29N7O. The molecule has 0 saturated carbocycles. The number of piperazine rings is 1. The van der Waals surface area contributed by atoms with Crippen molar-refractivity contribution in [2.75, 3.05) is 67.2 Å². The van der Waals surface area contributed by atoms with E-state index in [0.717, 1.165) is 93.6 Å². The predicted octanol–water partition coefficient (Wildman–Crippen LogP) is 1.61. The third-order valence-electron chi connectivity index (χ3n) is 5.36. The Kier molecular flexibility index (Phi) is 5.57. The zero-order valence-corrected chi connectivity index (χ0v) is 17.1. The molecule has 4 rings (SSSR count). The second-order valence-electron chi connectivity index (χ2n) is 7.36. The summed E-state index contributed by atoms with van der Waals surface area (Å²) in [4.78, 5) is 25.7. The molecule has 0 amide bonds. The number of rotatable bonds is 4. The summed E-state index contributed by atoms with van der Waals surface area (Å²) in [5, 5.41) is 0. The first-order chi connectivity index (χ1) is 13.6. The molecule has 0 radical (unpaired) electrons. The molecule has 4 heterocycles. The van der Waals surface area contributed by atoms with Gasteiger partial charge in [-0.2, -0.15) is 4.98 Å². The van der Waals surface area contributed by atoms with Gasteiger partial charge in [0.1, 0.15) is 11.6 Å². The van der Waals surface area contributed by atoms with E-state index in [9.17, 15) is 0 Å². The van der Waals surface area contributed by atoms with Crippen LogP contribution in [0.25, 0.3) is 0 Å². The van der Waals surface area contributed by atoms with Crippen molar-refractivity contribution < 1.29 is 4.74 Å². The molecule has 0 bridgehead atoms. The first-order valence-electron chi connectivity index (χ1n) is 10.1. The zero-order chi connectivity index (χ0) is 19.5. The predicted molar refractivity (Wildman–Crippen MR) is 110 cm³/mol. The molecule has 28 heavy (non-hydrogen) atoms. The van der Waals surface area contributed by atoms with Crippen LogP contribution in [0, 0.1) is 13.8 Å². The van der Waals surface area contributed by atoms with Gasteiger partial charge < -0.3 is 19.4 Å². The summed E-state index contributed by atoms with van der Waals surface area (Å²) in [5.74, 6) is 2.87. The number of anilines is 3. The number of ether oxygens (including phenoxy) is 1. The Morgan fingerprint density at radius 2 is 1.61 bits per heavy atom. The van der Waals surface area contributed by atoms with Gasteiger partial charge in [-0.3, -0.25) is 4.98 Å². The maximum Gasteiger partial charge on any atom is 0.227 e. The van der Waals surface area contributed by atoms with E-state index in [1.807, 2.05) is 20.0 Å². The zero-order valence-electron chi connectivity index (χ0n) is 17.1. The summed E-state index contributed by atoms with van der Waals surface area (Å²) in [7, 11) is 0. The van der Waals surface area contributed by atoms with Gasteiger partial charge in [0, 0.05) is 57.2 Å². The van der Waals surface area contributed by atoms with Gasteiger partial charge in [0.15, 0.2) is 0 Å². The summed E-state index contributed by atoms with van der Waals surface area (Å²) < 4.78 is 5.47.